The maximum atomic E-state index is 13.2. The second-order valence-corrected chi connectivity index (χ2v) is 10.2. The molecule has 0 N–H and O–H groups in total. The summed E-state index contributed by atoms with van der Waals surface area (Å²) in [5.41, 5.74) is 3.44. The Labute approximate surface area is 190 Å². The Balaban J connectivity index is 1.14. The number of piperazine rings is 1. The van der Waals surface area contributed by atoms with Crippen molar-refractivity contribution in [3.63, 3.8) is 0 Å². The van der Waals surface area contributed by atoms with E-state index in [1.165, 1.54) is 42.8 Å². The first-order chi connectivity index (χ1) is 15.7. The lowest BCUT2D eigenvalue weighted by Crippen LogP contribution is -2.59. The van der Waals surface area contributed by atoms with Crippen LogP contribution in [0.5, 0.6) is 0 Å². The molecule has 4 aliphatic rings. The zero-order chi connectivity index (χ0) is 21.7. The summed E-state index contributed by atoms with van der Waals surface area (Å²) >= 11 is 0. The molecule has 2 aromatic rings. The SMILES string of the molecule is CN1CCc2nc3ccnn3c(N3CC(C(=O)N4CCN(C5CCCC5)CC4)C3)c2CC1. The second-order valence-electron chi connectivity index (χ2n) is 10.2. The van der Waals surface area contributed by atoms with Crippen molar-refractivity contribution in [2.75, 3.05) is 64.3 Å². The molecule has 0 spiro atoms. The lowest BCUT2D eigenvalue weighted by Gasteiger charge is -2.45. The van der Waals surface area contributed by atoms with Gasteiger partial charge in [0.05, 0.1) is 17.8 Å². The fraction of sp³-hybridized carbons (Fsp3) is 0.708. The molecule has 6 rings (SSSR count). The third-order valence-corrected chi connectivity index (χ3v) is 8.16. The minimum absolute atomic E-state index is 0.107. The van der Waals surface area contributed by atoms with Crippen LogP contribution in [0, 0.1) is 5.92 Å². The summed E-state index contributed by atoms with van der Waals surface area (Å²) < 4.78 is 1.99. The summed E-state index contributed by atoms with van der Waals surface area (Å²) in [6.07, 6.45) is 9.24. The topological polar surface area (TPSA) is 60.2 Å². The molecule has 8 nitrogen and oxygen atoms in total. The number of hydrogen-bond acceptors (Lipinski definition) is 6. The number of nitrogens with zero attached hydrogens (tertiary/aromatic N) is 7. The van der Waals surface area contributed by atoms with Crippen molar-refractivity contribution in [1.29, 1.82) is 0 Å². The van der Waals surface area contributed by atoms with Crippen LogP contribution in [0.4, 0.5) is 5.82 Å². The van der Waals surface area contributed by atoms with Gasteiger partial charge in [-0.05, 0) is 26.3 Å². The number of carbonyl (C=O) groups excluding carboxylic acids is 1. The highest BCUT2D eigenvalue weighted by Crippen LogP contribution is 2.33. The number of likely N-dealkylation sites (N-methyl/N-ethyl adjacent to an activating group) is 1. The molecule has 0 atom stereocenters. The summed E-state index contributed by atoms with van der Waals surface area (Å²) in [7, 11) is 2.18. The van der Waals surface area contributed by atoms with E-state index >= 15 is 0 Å². The van der Waals surface area contributed by atoms with Crippen LogP contribution in [-0.2, 0) is 17.6 Å². The van der Waals surface area contributed by atoms with Crippen LogP contribution in [0.3, 0.4) is 0 Å². The lowest BCUT2D eigenvalue weighted by atomic mass is 9.96. The number of aromatic nitrogens is 3. The largest absolute Gasteiger partial charge is 0.354 e. The van der Waals surface area contributed by atoms with E-state index in [-0.39, 0.29) is 5.92 Å². The van der Waals surface area contributed by atoms with Gasteiger partial charge in [0.2, 0.25) is 5.91 Å². The van der Waals surface area contributed by atoms with Gasteiger partial charge in [-0.1, -0.05) is 12.8 Å². The van der Waals surface area contributed by atoms with Crippen molar-refractivity contribution >= 4 is 17.4 Å². The fourth-order valence-electron chi connectivity index (χ4n) is 6.15. The summed E-state index contributed by atoms with van der Waals surface area (Å²) in [6, 6.07) is 2.76. The molecule has 2 saturated heterocycles. The van der Waals surface area contributed by atoms with E-state index in [1.807, 2.05) is 16.8 Å². The van der Waals surface area contributed by atoms with Crippen molar-refractivity contribution < 1.29 is 4.79 Å². The fourth-order valence-corrected chi connectivity index (χ4v) is 6.15. The highest BCUT2D eigenvalue weighted by atomic mass is 16.2. The molecular formula is C24H35N7O. The Morgan fingerprint density at radius 1 is 1.00 bits per heavy atom. The number of anilines is 1. The van der Waals surface area contributed by atoms with Gasteiger partial charge in [-0.15, -0.1) is 0 Å². The number of rotatable bonds is 3. The molecule has 2 aromatic heterocycles. The van der Waals surface area contributed by atoms with Crippen LogP contribution in [-0.4, -0.2) is 101 Å². The monoisotopic (exact) mass is 437 g/mol. The van der Waals surface area contributed by atoms with E-state index in [4.69, 9.17) is 4.98 Å². The first-order valence-corrected chi connectivity index (χ1v) is 12.5. The molecular weight excluding hydrogens is 402 g/mol. The smallest absolute Gasteiger partial charge is 0.229 e. The number of hydrogen-bond donors (Lipinski definition) is 0. The molecule has 0 radical (unpaired) electrons. The first kappa shape index (κ1) is 20.4. The molecule has 1 aliphatic carbocycles. The van der Waals surface area contributed by atoms with Gasteiger partial charge in [0, 0.05) is 76.5 Å². The normalized spacial score (nSPS) is 24.0. The van der Waals surface area contributed by atoms with Crippen molar-refractivity contribution in [3.05, 3.63) is 23.5 Å². The Morgan fingerprint density at radius 2 is 1.75 bits per heavy atom. The van der Waals surface area contributed by atoms with Crippen LogP contribution in [0.25, 0.3) is 5.65 Å². The number of carbonyl (C=O) groups is 1. The Morgan fingerprint density at radius 3 is 2.53 bits per heavy atom. The summed E-state index contributed by atoms with van der Waals surface area (Å²) in [6.45, 7) is 7.55. The van der Waals surface area contributed by atoms with Gasteiger partial charge < -0.3 is 14.7 Å². The van der Waals surface area contributed by atoms with E-state index in [2.05, 4.69) is 31.7 Å². The number of amides is 1. The number of fused-ring (bicyclic) bond motifs is 2. The zero-order valence-electron chi connectivity index (χ0n) is 19.2. The van der Waals surface area contributed by atoms with Crippen molar-refractivity contribution in [3.8, 4) is 0 Å². The Kier molecular flexibility index (Phi) is 5.30. The van der Waals surface area contributed by atoms with Crippen molar-refractivity contribution in [1.82, 2.24) is 29.3 Å². The van der Waals surface area contributed by atoms with Gasteiger partial charge in [-0.3, -0.25) is 9.69 Å². The van der Waals surface area contributed by atoms with Gasteiger partial charge in [0.25, 0.3) is 0 Å². The van der Waals surface area contributed by atoms with Crippen LogP contribution in [0.1, 0.15) is 36.9 Å². The maximum absolute atomic E-state index is 13.2. The van der Waals surface area contributed by atoms with Crippen molar-refractivity contribution in [2.45, 2.75) is 44.6 Å². The lowest BCUT2D eigenvalue weighted by molar-refractivity contribution is -0.138. The van der Waals surface area contributed by atoms with Crippen LogP contribution in [0.15, 0.2) is 12.3 Å². The van der Waals surface area contributed by atoms with Crippen LogP contribution < -0.4 is 4.90 Å². The molecule has 8 heteroatoms. The van der Waals surface area contributed by atoms with Crippen LogP contribution >= 0.6 is 0 Å². The molecule has 32 heavy (non-hydrogen) atoms. The van der Waals surface area contributed by atoms with E-state index in [0.717, 1.165) is 76.9 Å². The summed E-state index contributed by atoms with van der Waals surface area (Å²) in [5.74, 6) is 1.63. The first-order valence-electron chi connectivity index (χ1n) is 12.5. The molecule has 0 unspecified atom stereocenters. The third kappa shape index (κ3) is 3.57. The third-order valence-electron chi connectivity index (χ3n) is 8.16. The molecule has 1 amide bonds. The zero-order valence-corrected chi connectivity index (χ0v) is 19.2. The van der Waals surface area contributed by atoms with E-state index in [9.17, 15) is 4.79 Å². The van der Waals surface area contributed by atoms with E-state index in [0.29, 0.717) is 5.91 Å². The summed E-state index contributed by atoms with van der Waals surface area (Å²) in [4.78, 5) is 27.6. The molecule has 3 aliphatic heterocycles. The molecule has 172 valence electrons. The van der Waals surface area contributed by atoms with Crippen LogP contribution in [0.2, 0.25) is 0 Å². The second kappa shape index (κ2) is 8.30. The predicted molar refractivity (Wildman–Crippen MR) is 124 cm³/mol. The van der Waals surface area contributed by atoms with E-state index < -0.39 is 0 Å². The Hall–Kier alpha value is -2.19. The molecule has 5 heterocycles. The van der Waals surface area contributed by atoms with Crippen molar-refractivity contribution in [2.24, 2.45) is 5.92 Å². The van der Waals surface area contributed by atoms with Gasteiger partial charge in [-0.2, -0.15) is 9.61 Å². The molecule has 0 bridgehead atoms. The minimum atomic E-state index is 0.107. The molecule has 0 aromatic carbocycles. The standard InChI is InChI=1S/C24H35N7O/c1-27-10-7-20-21(8-11-27)26-22-6-9-25-31(22)23(20)30-16-18(17-30)24(32)29-14-12-28(13-15-29)19-4-2-3-5-19/h6,9,18-19H,2-5,7-8,10-17H2,1H3. The quantitative estimate of drug-likeness (QED) is 0.721. The van der Waals surface area contributed by atoms with Gasteiger partial charge in [0.15, 0.2) is 5.65 Å². The van der Waals surface area contributed by atoms with Gasteiger partial charge in [0.1, 0.15) is 5.82 Å². The molecule has 3 fully saturated rings. The Bertz CT molecular complexity index is 984. The average Bonchev–Trinajstić information content (AvgIpc) is 3.44. The average molecular weight is 438 g/mol. The highest BCUT2D eigenvalue weighted by Gasteiger charge is 2.39. The van der Waals surface area contributed by atoms with E-state index in [1.54, 1.807) is 0 Å². The highest BCUT2D eigenvalue weighted by molar-refractivity contribution is 5.82. The predicted octanol–water partition coefficient (Wildman–Crippen LogP) is 1.28. The maximum Gasteiger partial charge on any atom is 0.229 e. The minimum Gasteiger partial charge on any atom is -0.354 e. The van der Waals surface area contributed by atoms with Gasteiger partial charge >= 0.3 is 0 Å². The summed E-state index contributed by atoms with van der Waals surface area (Å²) in [5, 5.41) is 4.58. The van der Waals surface area contributed by atoms with Gasteiger partial charge in [-0.25, -0.2) is 4.98 Å². The molecule has 1 saturated carbocycles.